The Hall–Kier alpha value is -3.95. The van der Waals surface area contributed by atoms with Crippen LogP contribution in [0.5, 0.6) is 0 Å². The van der Waals surface area contributed by atoms with Gasteiger partial charge in [0.15, 0.2) is 11.6 Å². The summed E-state index contributed by atoms with van der Waals surface area (Å²) in [6.45, 7) is 2.78. The first kappa shape index (κ1) is 19.0. The van der Waals surface area contributed by atoms with Gasteiger partial charge in [-0.3, -0.25) is 10.1 Å². The third kappa shape index (κ3) is 3.91. The van der Waals surface area contributed by atoms with E-state index in [1.54, 1.807) is 6.20 Å². The molecule has 0 amide bonds. The number of aryl methyl sites for hydroxylation is 1. The van der Waals surface area contributed by atoms with Crippen molar-refractivity contribution < 1.29 is 4.52 Å². The molecule has 0 bridgehead atoms. The normalized spacial score (nSPS) is 15.9. The third-order valence-corrected chi connectivity index (χ3v) is 5.23. The fourth-order valence-corrected chi connectivity index (χ4v) is 3.75. The molecule has 5 rings (SSSR count). The van der Waals surface area contributed by atoms with Crippen molar-refractivity contribution in [3.63, 3.8) is 0 Å². The van der Waals surface area contributed by atoms with Crippen LogP contribution < -0.4 is 15.5 Å². The zero-order chi connectivity index (χ0) is 21.2. The van der Waals surface area contributed by atoms with E-state index < -0.39 is 0 Å². The molecule has 4 aromatic heterocycles. The standard InChI is InChI=1S/C21H23N9O/c1-13-10-20(28-27-13)24-19-12-18(22-2)25-21(26-19)30-9-5-7-16(30)17-11-15(29-31-17)14-6-3-4-8-23-14/h3-4,6,8,10-12,16H,5,7,9H2,1-2H3,(H3,22,24,25,26,27,28)/t16-/m0/s1. The zero-order valence-electron chi connectivity index (χ0n) is 17.3. The van der Waals surface area contributed by atoms with Gasteiger partial charge in [0.05, 0.1) is 11.7 Å². The van der Waals surface area contributed by atoms with Crippen molar-refractivity contribution >= 4 is 23.4 Å². The lowest BCUT2D eigenvalue weighted by atomic mass is 10.1. The fraction of sp³-hybridized carbons (Fsp3) is 0.286. The van der Waals surface area contributed by atoms with Crippen molar-refractivity contribution in [3.8, 4) is 11.4 Å². The van der Waals surface area contributed by atoms with Crippen molar-refractivity contribution in [3.05, 3.63) is 54.0 Å². The van der Waals surface area contributed by atoms with Crippen LogP contribution >= 0.6 is 0 Å². The molecule has 0 aromatic carbocycles. The summed E-state index contributed by atoms with van der Waals surface area (Å²) in [6, 6.07) is 11.5. The van der Waals surface area contributed by atoms with Gasteiger partial charge in [0, 0.05) is 43.7 Å². The van der Waals surface area contributed by atoms with E-state index in [2.05, 4.69) is 40.9 Å². The second-order valence-corrected chi connectivity index (χ2v) is 7.43. The van der Waals surface area contributed by atoms with Crippen molar-refractivity contribution in [1.82, 2.24) is 30.3 Å². The van der Waals surface area contributed by atoms with Gasteiger partial charge in [0.2, 0.25) is 5.95 Å². The Balaban J connectivity index is 1.43. The van der Waals surface area contributed by atoms with Crippen molar-refractivity contribution in [2.75, 3.05) is 29.1 Å². The van der Waals surface area contributed by atoms with Crippen LogP contribution in [-0.4, -0.2) is 43.9 Å². The minimum absolute atomic E-state index is 0.0116. The molecule has 5 heterocycles. The molecular weight excluding hydrogens is 394 g/mol. The highest BCUT2D eigenvalue weighted by Gasteiger charge is 2.32. The Labute approximate surface area is 179 Å². The van der Waals surface area contributed by atoms with Gasteiger partial charge >= 0.3 is 0 Å². The number of hydrogen-bond acceptors (Lipinski definition) is 9. The molecule has 3 N–H and O–H groups in total. The Bertz CT molecular complexity index is 1170. The highest BCUT2D eigenvalue weighted by atomic mass is 16.5. The van der Waals surface area contributed by atoms with E-state index in [-0.39, 0.29) is 6.04 Å². The van der Waals surface area contributed by atoms with Crippen molar-refractivity contribution in [1.29, 1.82) is 0 Å². The molecule has 158 valence electrons. The Kier molecular flexibility index (Phi) is 4.95. The predicted molar refractivity (Wildman–Crippen MR) is 117 cm³/mol. The van der Waals surface area contributed by atoms with E-state index in [0.29, 0.717) is 17.6 Å². The highest BCUT2D eigenvalue weighted by Crippen LogP contribution is 2.36. The number of anilines is 4. The number of nitrogens with zero attached hydrogens (tertiary/aromatic N) is 6. The van der Waals surface area contributed by atoms with Crippen molar-refractivity contribution in [2.24, 2.45) is 0 Å². The first-order chi connectivity index (χ1) is 15.2. The lowest BCUT2D eigenvalue weighted by molar-refractivity contribution is 0.362. The first-order valence-corrected chi connectivity index (χ1v) is 10.2. The molecular formula is C21H23N9O. The quantitative estimate of drug-likeness (QED) is 0.431. The summed E-state index contributed by atoms with van der Waals surface area (Å²) in [5.41, 5.74) is 2.49. The summed E-state index contributed by atoms with van der Waals surface area (Å²) < 4.78 is 5.71. The molecule has 10 heteroatoms. The van der Waals surface area contributed by atoms with Crippen LogP contribution in [0.15, 0.2) is 47.1 Å². The van der Waals surface area contributed by atoms with Crippen LogP contribution in [0.3, 0.4) is 0 Å². The molecule has 0 spiro atoms. The summed E-state index contributed by atoms with van der Waals surface area (Å²) in [7, 11) is 1.84. The number of aromatic nitrogens is 6. The Morgan fingerprint density at radius 1 is 1.10 bits per heavy atom. The molecule has 1 fully saturated rings. The fourth-order valence-electron chi connectivity index (χ4n) is 3.75. The minimum Gasteiger partial charge on any atom is -0.373 e. The summed E-state index contributed by atoms with van der Waals surface area (Å²) >= 11 is 0. The van der Waals surface area contributed by atoms with Gasteiger partial charge in [-0.2, -0.15) is 15.1 Å². The lowest BCUT2D eigenvalue weighted by Crippen LogP contribution is -2.25. The third-order valence-electron chi connectivity index (χ3n) is 5.23. The molecule has 0 radical (unpaired) electrons. The summed E-state index contributed by atoms with van der Waals surface area (Å²) in [4.78, 5) is 15.9. The molecule has 10 nitrogen and oxygen atoms in total. The maximum absolute atomic E-state index is 5.71. The van der Waals surface area contributed by atoms with Crippen LogP contribution in [0, 0.1) is 6.92 Å². The molecule has 31 heavy (non-hydrogen) atoms. The van der Waals surface area contributed by atoms with Gasteiger partial charge < -0.3 is 20.1 Å². The van der Waals surface area contributed by atoms with Crippen LogP contribution in [0.4, 0.5) is 23.4 Å². The van der Waals surface area contributed by atoms with Gasteiger partial charge in [0.1, 0.15) is 17.3 Å². The smallest absolute Gasteiger partial charge is 0.229 e. The zero-order valence-corrected chi connectivity index (χ0v) is 17.3. The average Bonchev–Trinajstić information content (AvgIpc) is 3.55. The van der Waals surface area contributed by atoms with E-state index in [9.17, 15) is 0 Å². The number of aromatic amines is 1. The summed E-state index contributed by atoms with van der Waals surface area (Å²) in [6.07, 6.45) is 3.70. The Morgan fingerprint density at radius 3 is 2.77 bits per heavy atom. The predicted octanol–water partition coefficient (Wildman–Crippen LogP) is 3.68. The molecule has 1 aliphatic heterocycles. The monoisotopic (exact) mass is 417 g/mol. The van der Waals surface area contributed by atoms with Crippen LogP contribution in [0.25, 0.3) is 11.4 Å². The van der Waals surface area contributed by atoms with Crippen LogP contribution in [0.1, 0.15) is 30.3 Å². The van der Waals surface area contributed by atoms with Crippen molar-refractivity contribution in [2.45, 2.75) is 25.8 Å². The topological polar surface area (TPSA) is 121 Å². The second kappa shape index (κ2) is 8.05. The Morgan fingerprint density at radius 2 is 2.00 bits per heavy atom. The summed E-state index contributed by atoms with van der Waals surface area (Å²) in [5.74, 6) is 3.50. The van der Waals surface area contributed by atoms with Gasteiger partial charge in [-0.15, -0.1) is 0 Å². The first-order valence-electron chi connectivity index (χ1n) is 10.2. The van der Waals surface area contributed by atoms with E-state index in [1.807, 2.05) is 50.4 Å². The molecule has 0 saturated carbocycles. The van der Waals surface area contributed by atoms with E-state index >= 15 is 0 Å². The summed E-state index contributed by atoms with van der Waals surface area (Å²) in [5, 5.41) is 17.7. The van der Waals surface area contributed by atoms with Gasteiger partial charge in [-0.25, -0.2) is 0 Å². The maximum Gasteiger partial charge on any atom is 0.229 e. The second-order valence-electron chi connectivity index (χ2n) is 7.43. The average molecular weight is 417 g/mol. The highest BCUT2D eigenvalue weighted by molar-refractivity contribution is 5.60. The minimum atomic E-state index is 0.0116. The molecule has 0 aliphatic carbocycles. The molecule has 1 saturated heterocycles. The largest absolute Gasteiger partial charge is 0.373 e. The molecule has 1 aliphatic rings. The molecule has 4 aromatic rings. The van der Waals surface area contributed by atoms with Crippen LogP contribution in [0.2, 0.25) is 0 Å². The van der Waals surface area contributed by atoms with E-state index in [1.165, 1.54) is 0 Å². The van der Waals surface area contributed by atoms with E-state index in [4.69, 9.17) is 9.51 Å². The van der Waals surface area contributed by atoms with Gasteiger partial charge in [0.25, 0.3) is 0 Å². The number of rotatable bonds is 6. The number of nitrogens with one attached hydrogen (secondary N) is 3. The maximum atomic E-state index is 5.71. The van der Waals surface area contributed by atoms with E-state index in [0.717, 1.165) is 48.0 Å². The SMILES string of the molecule is CNc1cc(Nc2cc(C)[nH]n2)nc(N2CCC[C@H]2c2cc(-c3ccccn3)no2)n1. The number of hydrogen-bond donors (Lipinski definition) is 3. The number of pyridine rings is 1. The van der Waals surface area contributed by atoms with Crippen LogP contribution in [-0.2, 0) is 0 Å². The molecule has 0 unspecified atom stereocenters. The van der Waals surface area contributed by atoms with Gasteiger partial charge in [-0.05, 0) is 31.9 Å². The number of H-pyrrole nitrogens is 1. The lowest BCUT2D eigenvalue weighted by Gasteiger charge is -2.23. The molecule has 1 atom stereocenters. The van der Waals surface area contributed by atoms with Gasteiger partial charge in [-0.1, -0.05) is 11.2 Å².